The number of alkyl halides is 2. The first-order chi connectivity index (χ1) is 10.9. The molecule has 1 atom stereocenters. The van der Waals surface area contributed by atoms with E-state index in [0.29, 0.717) is 11.4 Å². The number of rotatable bonds is 6. The highest BCUT2D eigenvalue weighted by atomic mass is 19.3. The summed E-state index contributed by atoms with van der Waals surface area (Å²) in [5.41, 5.74) is 1.41. The molecule has 122 valence electrons. The van der Waals surface area contributed by atoms with Gasteiger partial charge in [-0.2, -0.15) is 8.78 Å². The molecule has 0 saturated carbocycles. The SMILES string of the molecule is Cc1cc([N+](=O)[O-])cnc1NC(C)c1ccc(OC(F)F)cc1. The molecular formula is C15H15F2N3O3. The molecule has 6 nitrogen and oxygen atoms in total. The maximum absolute atomic E-state index is 12.1. The predicted octanol–water partition coefficient (Wildman–Crippen LogP) is 4.07. The zero-order valence-corrected chi connectivity index (χ0v) is 12.5. The number of nitro groups is 1. The van der Waals surface area contributed by atoms with Crippen molar-refractivity contribution in [3.8, 4) is 5.75 Å². The maximum atomic E-state index is 12.1. The molecule has 1 unspecified atom stereocenters. The lowest BCUT2D eigenvalue weighted by Gasteiger charge is -2.16. The Balaban J connectivity index is 2.09. The lowest BCUT2D eigenvalue weighted by molar-refractivity contribution is -0.385. The van der Waals surface area contributed by atoms with Gasteiger partial charge in [0.1, 0.15) is 17.8 Å². The lowest BCUT2D eigenvalue weighted by atomic mass is 10.1. The first-order valence-corrected chi connectivity index (χ1v) is 6.79. The highest BCUT2D eigenvalue weighted by Gasteiger charge is 2.13. The van der Waals surface area contributed by atoms with E-state index in [1.54, 1.807) is 19.1 Å². The van der Waals surface area contributed by atoms with E-state index in [-0.39, 0.29) is 17.5 Å². The summed E-state index contributed by atoms with van der Waals surface area (Å²) < 4.78 is 28.5. The van der Waals surface area contributed by atoms with E-state index in [0.717, 1.165) is 5.56 Å². The number of ether oxygens (including phenoxy) is 1. The Morgan fingerprint density at radius 2 is 1.96 bits per heavy atom. The first-order valence-electron chi connectivity index (χ1n) is 6.79. The van der Waals surface area contributed by atoms with Gasteiger partial charge in [-0.3, -0.25) is 10.1 Å². The Bertz CT molecular complexity index is 693. The Hall–Kier alpha value is -2.77. The third-order valence-electron chi connectivity index (χ3n) is 3.23. The van der Waals surface area contributed by atoms with Crippen molar-refractivity contribution in [1.82, 2.24) is 4.98 Å². The van der Waals surface area contributed by atoms with Crippen molar-refractivity contribution in [3.05, 3.63) is 57.8 Å². The monoisotopic (exact) mass is 323 g/mol. The lowest BCUT2D eigenvalue weighted by Crippen LogP contribution is -2.09. The molecule has 0 saturated heterocycles. The van der Waals surface area contributed by atoms with Crippen LogP contribution in [0.5, 0.6) is 5.75 Å². The number of aromatic nitrogens is 1. The standard InChI is InChI=1S/C15H15F2N3O3/c1-9-7-12(20(21)22)8-18-14(9)19-10(2)11-3-5-13(6-4-11)23-15(16)17/h3-8,10,15H,1-2H3,(H,18,19). The zero-order valence-electron chi connectivity index (χ0n) is 12.5. The van der Waals surface area contributed by atoms with E-state index >= 15 is 0 Å². The van der Waals surface area contributed by atoms with E-state index < -0.39 is 11.5 Å². The van der Waals surface area contributed by atoms with E-state index in [9.17, 15) is 18.9 Å². The van der Waals surface area contributed by atoms with Crippen LogP contribution in [0.25, 0.3) is 0 Å². The molecule has 1 heterocycles. The van der Waals surface area contributed by atoms with Crippen molar-refractivity contribution < 1.29 is 18.4 Å². The summed E-state index contributed by atoms with van der Waals surface area (Å²) in [7, 11) is 0. The summed E-state index contributed by atoms with van der Waals surface area (Å²) in [5, 5.41) is 13.8. The topological polar surface area (TPSA) is 77.3 Å². The summed E-state index contributed by atoms with van der Waals surface area (Å²) in [6, 6.07) is 7.50. The molecule has 0 amide bonds. The van der Waals surface area contributed by atoms with Gasteiger partial charge < -0.3 is 10.1 Å². The van der Waals surface area contributed by atoms with Gasteiger partial charge in [-0.05, 0) is 37.1 Å². The van der Waals surface area contributed by atoms with Gasteiger partial charge in [-0.25, -0.2) is 4.98 Å². The predicted molar refractivity (Wildman–Crippen MR) is 80.7 cm³/mol. The van der Waals surface area contributed by atoms with Crippen molar-refractivity contribution in [1.29, 1.82) is 0 Å². The quantitative estimate of drug-likeness (QED) is 0.640. The van der Waals surface area contributed by atoms with Crippen LogP contribution in [0.2, 0.25) is 0 Å². The Labute approximate surface area is 131 Å². The van der Waals surface area contributed by atoms with Crippen molar-refractivity contribution in [2.24, 2.45) is 0 Å². The van der Waals surface area contributed by atoms with Crippen LogP contribution in [0.15, 0.2) is 36.5 Å². The fourth-order valence-electron chi connectivity index (χ4n) is 2.04. The molecule has 1 aromatic carbocycles. The van der Waals surface area contributed by atoms with Crippen molar-refractivity contribution in [3.63, 3.8) is 0 Å². The minimum Gasteiger partial charge on any atom is -0.435 e. The molecule has 0 spiro atoms. The molecule has 1 aromatic heterocycles. The maximum Gasteiger partial charge on any atom is 0.387 e. The summed E-state index contributed by atoms with van der Waals surface area (Å²) in [4.78, 5) is 14.2. The second-order valence-electron chi connectivity index (χ2n) is 4.93. The Morgan fingerprint density at radius 3 is 2.48 bits per heavy atom. The van der Waals surface area contributed by atoms with Crippen LogP contribution in [0.3, 0.4) is 0 Å². The molecule has 0 radical (unpaired) electrons. The van der Waals surface area contributed by atoms with E-state index in [4.69, 9.17) is 0 Å². The number of halogens is 2. The van der Waals surface area contributed by atoms with Crippen molar-refractivity contribution >= 4 is 11.5 Å². The second kappa shape index (κ2) is 6.99. The largest absolute Gasteiger partial charge is 0.435 e. The Morgan fingerprint density at radius 1 is 1.30 bits per heavy atom. The third-order valence-corrected chi connectivity index (χ3v) is 3.23. The highest BCUT2D eigenvalue weighted by Crippen LogP contribution is 2.24. The number of hydrogen-bond acceptors (Lipinski definition) is 5. The number of nitrogens with zero attached hydrogens (tertiary/aromatic N) is 2. The van der Waals surface area contributed by atoms with Crippen LogP contribution in [-0.2, 0) is 0 Å². The molecule has 1 N–H and O–H groups in total. The van der Waals surface area contributed by atoms with Crippen LogP contribution < -0.4 is 10.1 Å². The number of benzene rings is 1. The number of pyridine rings is 1. The molecule has 0 fully saturated rings. The molecule has 0 aliphatic carbocycles. The average Bonchev–Trinajstić information content (AvgIpc) is 2.49. The number of hydrogen-bond donors (Lipinski definition) is 1. The highest BCUT2D eigenvalue weighted by molar-refractivity contribution is 5.49. The molecule has 0 aliphatic rings. The van der Waals surface area contributed by atoms with Gasteiger partial charge in [0.05, 0.1) is 4.92 Å². The van der Waals surface area contributed by atoms with Gasteiger partial charge in [0, 0.05) is 12.1 Å². The molecule has 0 bridgehead atoms. The Kier molecular flexibility index (Phi) is 5.05. The zero-order chi connectivity index (χ0) is 17.0. The molecule has 8 heteroatoms. The summed E-state index contributed by atoms with van der Waals surface area (Å²) in [5.74, 6) is 0.608. The van der Waals surface area contributed by atoms with Gasteiger partial charge >= 0.3 is 6.61 Å². The van der Waals surface area contributed by atoms with Gasteiger partial charge in [-0.15, -0.1) is 0 Å². The van der Waals surface area contributed by atoms with E-state index in [1.807, 2.05) is 6.92 Å². The molecule has 2 aromatic rings. The molecular weight excluding hydrogens is 308 g/mol. The van der Waals surface area contributed by atoms with Gasteiger partial charge in [0.2, 0.25) is 0 Å². The fourth-order valence-corrected chi connectivity index (χ4v) is 2.04. The smallest absolute Gasteiger partial charge is 0.387 e. The number of aryl methyl sites for hydroxylation is 1. The minimum absolute atomic E-state index is 0.0748. The third kappa shape index (κ3) is 4.35. The fraction of sp³-hybridized carbons (Fsp3) is 0.267. The van der Waals surface area contributed by atoms with Crippen molar-refractivity contribution in [2.75, 3.05) is 5.32 Å². The number of nitrogens with one attached hydrogen (secondary N) is 1. The van der Waals surface area contributed by atoms with E-state index in [1.165, 1.54) is 24.4 Å². The van der Waals surface area contributed by atoms with Gasteiger partial charge in [0.15, 0.2) is 0 Å². The molecule has 23 heavy (non-hydrogen) atoms. The normalized spacial score (nSPS) is 12.0. The molecule has 2 rings (SSSR count). The van der Waals surface area contributed by atoms with Crippen molar-refractivity contribution in [2.45, 2.75) is 26.5 Å². The first kappa shape index (κ1) is 16.6. The van der Waals surface area contributed by atoms with Crippen LogP contribution in [0, 0.1) is 17.0 Å². The average molecular weight is 323 g/mol. The number of anilines is 1. The van der Waals surface area contributed by atoms with E-state index in [2.05, 4.69) is 15.0 Å². The van der Waals surface area contributed by atoms with Gasteiger partial charge in [-0.1, -0.05) is 12.1 Å². The van der Waals surface area contributed by atoms with Gasteiger partial charge in [0.25, 0.3) is 5.69 Å². The molecule has 0 aliphatic heterocycles. The summed E-state index contributed by atoms with van der Waals surface area (Å²) in [6.45, 7) is 0.725. The van der Waals surface area contributed by atoms with Crippen LogP contribution >= 0.6 is 0 Å². The van der Waals surface area contributed by atoms with Crippen LogP contribution in [0.4, 0.5) is 20.3 Å². The second-order valence-corrected chi connectivity index (χ2v) is 4.93. The summed E-state index contributed by atoms with van der Waals surface area (Å²) in [6.07, 6.45) is 1.18. The van der Waals surface area contributed by atoms with Crippen LogP contribution in [0.1, 0.15) is 24.1 Å². The summed E-state index contributed by atoms with van der Waals surface area (Å²) >= 11 is 0. The minimum atomic E-state index is -2.86. The van der Waals surface area contributed by atoms with Crippen LogP contribution in [-0.4, -0.2) is 16.5 Å².